The molecule has 2 N–H and O–H groups in total. The normalized spacial score (nSPS) is 12.8. The summed E-state index contributed by atoms with van der Waals surface area (Å²) in [5, 5.41) is 7.73. The maximum Gasteiger partial charge on any atom is 0.153 e. The monoisotopic (exact) mass is 318 g/mol. The van der Waals surface area contributed by atoms with Crippen LogP contribution in [0, 0.1) is 5.82 Å². The first-order chi connectivity index (χ1) is 8.00. The Balaban J connectivity index is 2.43. The number of hydrogen-bond donors (Lipinski definition) is 1. The smallest absolute Gasteiger partial charge is 0.153 e. The number of aromatic nitrogens is 3. The number of benzene rings is 1. The van der Waals surface area contributed by atoms with Gasteiger partial charge < -0.3 is 5.73 Å². The molecule has 4 nitrogen and oxygen atoms in total. The second kappa shape index (κ2) is 4.72. The van der Waals surface area contributed by atoms with E-state index in [2.05, 4.69) is 26.2 Å². The van der Waals surface area contributed by atoms with E-state index in [0.29, 0.717) is 15.9 Å². The molecule has 0 amide bonds. The zero-order valence-electron chi connectivity index (χ0n) is 8.86. The summed E-state index contributed by atoms with van der Waals surface area (Å²) in [4.78, 5) is 0. The summed E-state index contributed by atoms with van der Waals surface area (Å²) in [5.74, 6) is -0.468. The van der Waals surface area contributed by atoms with E-state index >= 15 is 0 Å². The van der Waals surface area contributed by atoms with Crippen LogP contribution in [0.2, 0.25) is 5.02 Å². The molecule has 1 heterocycles. The van der Waals surface area contributed by atoms with Crippen molar-refractivity contribution in [1.82, 2.24) is 15.0 Å². The van der Waals surface area contributed by atoms with Gasteiger partial charge in [-0.2, -0.15) is 0 Å². The Labute approximate surface area is 111 Å². The molecule has 0 saturated heterocycles. The van der Waals surface area contributed by atoms with Gasteiger partial charge in [0.05, 0.1) is 16.8 Å². The Morgan fingerprint density at radius 1 is 1.53 bits per heavy atom. The van der Waals surface area contributed by atoms with Gasteiger partial charge in [-0.05, 0) is 33.6 Å². The molecule has 0 radical (unpaired) electrons. The Kier molecular flexibility index (Phi) is 3.46. The predicted molar refractivity (Wildman–Crippen MR) is 66.1 cm³/mol. The minimum Gasteiger partial charge on any atom is -0.319 e. The maximum atomic E-state index is 13.1. The highest BCUT2D eigenvalue weighted by Crippen LogP contribution is 2.27. The number of rotatable bonds is 2. The van der Waals surface area contributed by atoms with E-state index in [9.17, 15) is 4.39 Å². The summed E-state index contributed by atoms with van der Waals surface area (Å²) in [7, 11) is 1.73. The van der Waals surface area contributed by atoms with Crippen molar-refractivity contribution >= 4 is 27.5 Å². The van der Waals surface area contributed by atoms with Crippen molar-refractivity contribution in [3.63, 3.8) is 0 Å². The molecule has 7 heteroatoms. The first-order valence-electron chi connectivity index (χ1n) is 4.76. The van der Waals surface area contributed by atoms with Crippen molar-refractivity contribution in [3.05, 3.63) is 44.9 Å². The molecular formula is C10H9BrClFN4. The molecule has 1 aromatic carbocycles. The van der Waals surface area contributed by atoms with Crippen LogP contribution in [-0.2, 0) is 7.05 Å². The minimum absolute atomic E-state index is 0.0456. The van der Waals surface area contributed by atoms with Crippen molar-refractivity contribution in [2.24, 2.45) is 12.8 Å². The van der Waals surface area contributed by atoms with Crippen LogP contribution in [0.5, 0.6) is 0 Å². The van der Waals surface area contributed by atoms with Gasteiger partial charge in [0.25, 0.3) is 0 Å². The van der Waals surface area contributed by atoms with Crippen LogP contribution in [0.4, 0.5) is 4.39 Å². The Morgan fingerprint density at radius 2 is 2.24 bits per heavy atom. The number of halogens is 3. The average Bonchev–Trinajstić information content (AvgIpc) is 2.62. The van der Waals surface area contributed by atoms with Gasteiger partial charge in [0.1, 0.15) is 5.82 Å². The number of hydrogen-bond acceptors (Lipinski definition) is 3. The summed E-state index contributed by atoms with van der Waals surface area (Å²) in [6.07, 6.45) is 0. The number of nitrogens with two attached hydrogens (primary N) is 1. The Hall–Kier alpha value is -0.980. The maximum absolute atomic E-state index is 13.1. The van der Waals surface area contributed by atoms with Gasteiger partial charge in [-0.1, -0.05) is 22.9 Å². The van der Waals surface area contributed by atoms with E-state index in [1.807, 2.05) is 0 Å². The summed E-state index contributed by atoms with van der Waals surface area (Å²) in [5.41, 5.74) is 7.47. The molecule has 1 aromatic heterocycles. The highest BCUT2D eigenvalue weighted by Gasteiger charge is 2.18. The molecule has 2 aromatic rings. The third kappa shape index (κ3) is 2.34. The molecule has 0 spiro atoms. The highest BCUT2D eigenvalue weighted by molar-refractivity contribution is 9.10. The molecule has 0 fully saturated rings. The van der Waals surface area contributed by atoms with Gasteiger partial charge in [0.2, 0.25) is 0 Å². The zero-order valence-corrected chi connectivity index (χ0v) is 11.2. The molecule has 1 atom stereocenters. The Bertz CT molecular complexity index is 538. The van der Waals surface area contributed by atoms with Gasteiger partial charge in [0, 0.05) is 7.05 Å². The molecule has 2 rings (SSSR count). The summed E-state index contributed by atoms with van der Waals surface area (Å²) in [6, 6.07) is 3.91. The summed E-state index contributed by atoms with van der Waals surface area (Å²) >= 11 is 8.99. The molecule has 1 unspecified atom stereocenters. The van der Waals surface area contributed by atoms with Crippen LogP contribution < -0.4 is 5.73 Å². The third-order valence-corrected chi connectivity index (χ3v) is 3.28. The number of nitrogens with zero attached hydrogens (tertiary/aromatic N) is 3. The van der Waals surface area contributed by atoms with Crippen LogP contribution in [0.1, 0.15) is 17.3 Å². The molecular weight excluding hydrogens is 310 g/mol. The van der Waals surface area contributed by atoms with Crippen molar-refractivity contribution in [1.29, 1.82) is 0 Å². The molecule has 90 valence electrons. The Morgan fingerprint density at radius 3 is 2.76 bits per heavy atom. The largest absolute Gasteiger partial charge is 0.319 e. The lowest BCUT2D eigenvalue weighted by Gasteiger charge is -2.12. The van der Waals surface area contributed by atoms with Crippen molar-refractivity contribution < 1.29 is 4.39 Å². The highest BCUT2D eigenvalue weighted by atomic mass is 79.9. The predicted octanol–water partition coefficient (Wildman–Crippen LogP) is 2.42. The topological polar surface area (TPSA) is 56.7 Å². The molecule has 17 heavy (non-hydrogen) atoms. The summed E-state index contributed by atoms with van der Waals surface area (Å²) in [6.45, 7) is 0. The van der Waals surface area contributed by atoms with Crippen LogP contribution >= 0.6 is 27.5 Å². The van der Waals surface area contributed by atoms with Gasteiger partial charge in [0.15, 0.2) is 4.60 Å². The van der Waals surface area contributed by atoms with Crippen LogP contribution in [0.25, 0.3) is 0 Å². The minimum atomic E-state index is -0.470. The van der Waals surface area contributed by atoms with E-state index in [-0.39, 0.29) is 5.02 Å². The standard InChI is InChI=1S/C10H9BrClFN4/c1-17-9(10(11)15-16-17)8(14)5-2-3-7(13)6(12)4-5/h2-4,8H,14H2,1H3. The lowest BCUT2D eigenvalue weighted by atomic mass is 10.1. The second-order valence-corrected chi connectivity index (χ2v) is 4.70. The van der Waals surface area contributed by atoms with E-state index in [1.54, 1.807) is 17.8 Å². The van der Waals surface area contributed by atoms with E-state index < -0.39 is 11.9 Å². The fraction of sp³-hybridized carbons (Fsp3) is 0.200. The quantitative estimate of drug-likeness (QED) is 0.925. The van der Waals surface area contributed by atoms with Crippen LogP contribution in [0.15, 0.2) is 22.8 Å². The van der Waals surface area contributed by atoms with Gasteiger partial charge in [-0.15, -0.1) is 5.10 Å². The molecule has 0 bridgehead atoms. The van der Waals surface area contributed by atoms with E-state index in [0.717, 1.165) is 0 Å². The van der Waals surface area contributed by atoms with Gasteiger partial charge in [-0.3, -0.25) is 0 Å². The summed E-state index contributed by atoms with van der Waals surface area (Å²) < 4.78 is 15.2. The first kappa shape index (κ1) is 12.5. The lowest BCUT2D eigenvalue weighted by molar-refractivity contribution is 0.624. The fourth-order valence-corrected chi connectivity index (χ4v) is 2.30. The second-order valence-electron chi connectivity index (χ2n) is 3.54. The van der Waals surface area contributed by atoms with Gasteiger partial charge >= 0.3 is 0 Å². The number of aryl methyl sites for hydroxylation is 1. The average molecular weight is 320 g/mol. The van der Waals surface area contributed by atoms with Crippen molar-refractivity contribution in [2.75, 3.05) is 0 Å². The van der Waals surface area contributed by atoms with Crippen LogP contribution in [0.3, 0.4) is 0 Å². The van der Waals surface area contributed by atoms with Crippen molar-refractivity contribution in [2.45, 2.75) is 6.04 Å². The molecule has 0 aliphatic rings. The third-order valence-electron chi connectivity index (χ3n) is 2.42. The molecule has 0 aliphatic carbocycles. The van der Waals surface area contributed by atoms with Crippen molar-refractivity contribution in [3.8, 4) is 0 Å². The van der Waals surface area contributed by atoms with Gasteiger partial charge in [-0.25, -0.2) is 9.07 Å². The first-order valence-corrected chi connectivity index (χ1v) is 5.93. The fourth-order valence-electron chi connectivity index (χ4n) is 1.53. The zero-order chi connectivity index (χ0) is 12.6. The van der Waals surface area contributed by atoms with E-state index in [1.165, 1.54) is 12.1 Å². The molecule has 0 saturated carbocycles. The van der Waals surface area contributed by atoms with E-state index in [4.69, 9.17) is 17.3 Å². The van der Waals surface area contributed by atoms with Crippen LogP contribution in [-0.4, -0.2) is 15.0 Å². The SMILES string of the molecule is Cn1nnc(Br)c1C(N)c1ccc(F)c(Cl)c1. The molecule has 0 aliphatic heterocycles. The lowest BCUT2D eigenvalue weighted by Crippen LogP contribution is -2.16.